The van der Waals surface area contributed by atoms with E-state index in [0.717, 1.165) is 12.0 Å². The average molecular weight is 252 g/mol. The SMILES string of the molecule is CCCCCCCCCOc1ccc(C)cc1F. The third-order valence-electron chi connectivity index (χ3n) is 3.09. The van der Waals surface area contributed by atoms with E-state index in [4.69, 9.17) is 4.74 Å². The highest BCUT2D eigenvalue weighted by Gasteiger charge is 2.02. The van der Waals surface area contributed by atoms with Gasteiger partial charge in [0.2, 0.25) is 0 Å². The maximum absolute atomic E-state index is 13.4. The van der Waals surface area contributed by atoms with Crippen LogP contribution in [-0.2, 0) is 0 Å². The highest BCUT2D eigenvalue weighted by Crippen LogP contribution is 2.18. The molecule has 1 nitrogen and oxygen atoms in total. The Bertz CT molecular complexity index is 336. The van der Waals surface area contributed by atoms with E-state index in [1.807, 2.05) is 13.0 Å². The molecule has 2 heteroatoms. The maximum atomic E-state index is 13.4. The van der Waals surface area contributed by atoms with Crippen LogP contribution in [0, 0.1) is 12.7 Å². The first-order chi connectivity index (χ1) is 8.74. The Morgan fingerprint density at radius 1 is 1.00 bits per heavy atom. The van der Waals surface area contributed by atoms with Gasteiger partial charge in [0.05, 0.1) is 6.61 Å². The predicted molar refractivity (Wildman–Crippen MR) is 74.6 cm³/mol. The molecule has 0 spiro atoms. The number of benzene rings is 1. The Balaban J connectivity index is 2.07. The number of ether oxygens (including phenoxy) is 1. The topological polar surface area (TPSA) is 9.23 Å². The quantitative estimate of drug-likeness (QED) is 0.544. The molecule has 1 aromatic rings. The highest BCUT2D eigenvalue weighted by atomic mass is 19.1. The van der Waals surface area contributed by atoms with E-state index in [9.17, 15) is 4.39 Å². The molecule has 1 aromatic carbocycles. The Kier molecular flexibility index (Phi) is 7.47. The Labute approximate surface area is 110 Å². The molecule has 0 bridgehead atoms. The molecule has 0 amide bonds. The second-order valence-corrected chi connectivity index (χ2v) is 4.90. The van der Waals surface area contributed by atoms with Crippen LogP contribution in [0.1, 0.15) is 57.4 Å². The Morgan fingerprint density at radius 3 is 2.33 bits per heavy atom. The molecule has 0 atom stereocenters. The zero-order valence-electron chi connectivity index (χ0n) is 11.7. The predicted octanol–water partition coefficient (Wildman–Crippen LogP) is 5.26. The summed E-state index contributed by atoms with van der Waals surface area (Å²) in [6, 6.07) is 5.11. The molecule has 0 N–H and O–H groups in total. The average Bonchev–Trinajstić information content (AvgIpc) is 2.35. The van der Waals surface area contributed by atoms with Crippen LogP contribution in [0.4, 0.5) is 4.39 Å². The van der Waals surface area contributed by atoms with Gasteiger partial charge < -0.3 is 4.74 Å². The summed E-state index contributed by atoms with van der Waals surface area (Å²) in [7, 11) is 0. The number of hydrogen-bond donors (Lipinski definition) is 0. The van der Waals surface area contributed by atoms with Gasteiger partial charge in [-0.15, -0.1) is 0 Å². The summed E-state index contributed by atoms with van der Waals surface area (Å²) in [6.45, 7) is 4.72. The van der Waals surface area contributed by atoms with Gasteiger partial charge in [-0.05, 0) is 31.0 Å². The lowest BCUT2D eigenvalue weighted by Crippen LogP contribution is -1.99. The fourth-order valence-corrected chi connectivity index (χ4v) is 1.96. The summed E-state index contributed by atoms with van der Waals surface area (Å²) in [5.74, 6) is 0.129. The van der Waals surface area contributed by atoms with Gasteiger partial charge in [-0.1, -0.05) is 51.5 Å². The van der Waals surface area contributed by atoms with Crippen molar-refractivity contribution in [1.29, 1.82) is 0 Å². The second-order valence-electron chi connectivity index (χ2n) is 4.90. The van der Waals surface area contributed by atoms with Gasteiger partial charge in [0.25, 0.3) is 0 Å². The molecule has 1 rings (SSSR count). The van der Waals surface area contributed by atoms with Crippen LogP contribution >= 0.6 is 0 Å². The van der Waals surface area contributed by atoms with Crippen molar-refractivity contribution < 1.29 is 9.13 Å². The van der Waals surface area contributed by atoms with Gasteiger partial charge in [-0.2, -0.15) is 0 Å². The van der Waals surface area contributed by atoms with Crippen LogP contribution in [0.15, 0.2) is 18.2 Å². The van der Waals surface area contributed by atoms with Gasteiger partial charge >= 0.3 is 0 Å². The molecule has 0 aliphatic rings. The summed E-state index contributed by atoms with van der Waals surface area (Å²) in [4.78, 5) is 0. The fraction of sp³-hybridized carbons (Fsp3) is 0.625. The van der Waals surface area contributed by atoms with Crippen molar-refractivity contribution in [3.8, 4) is 5.75 Å². The van der Waals surface area contributed by atoms with E-state index in [-0.39, 0.29) is 5.82 Å². The molecule has 0 saturated heterocycles. The molecule has 0 heterocycles. The van der Waals surface area contributed by atoms with Crippen molar-refractivity contribution in [2.45, 2.75) is 58.8 Å². The van der Waals surface area contributed by atoms with Crippen molar-refractivity contribution in [3.63, 3.8) is 0 Å². The molecule has 0 saturated carbocycles. The minimum absolute atomic E-state index is 0.252. The molecule has 0 fully saturated rings. The Morgan fingerprint density at radius 2 is 1.67 bits per heavy atom. The van der Waals surface area contributed by atoms with E-state index in [0.29, 0.717) is 12.4 Å². The van der Waals surface area contributed by atoms with E-state index in [1.165, 1.54) is 44.6 Å². The second kappa shape index (κ2) is 8.96. The molecule has 0 aliphatic carbocycles. The molecule has 18 heavy (non-hydrogen) atoms. The number of rotatable bonds is 9. The molecule has 0 unspecified atom stereocenters. The summed E-state index contributed by atoms with van der Waals surface area (Å²) >= 11 is 0. The third-order valence-corrected chi connectivity index (χ3v) is 3.09. The maximum Gasteiger partial charge on any atom is 0.165 e. The van der Waals surface area contributed by atoms with E-state index >= 15 is 0 Å². The molecule has 0 aromatic heterocycles. The van der Waals surface area contributed by atoms with Crippen molar-refractivity contribution in [3.05, 3.63) is 29.6 Å². The normalized spacial score (nSPS) is 10.6. The Hall–Kier alpha value is -1.05. The lowest BCUT2D eigenvalue weighted by molar-refractivity contribution is 0.290. The lowest BCUT2D eigenvalue weighted by atomic mass is 10.1. The summed E-state index contributed by atoms with van der Waals surface area (Å²) in [5, 5.41) is 0. The van der Waals surface area contributed by atoms with Crippen LogP contribution in [0.25, 0.3) is 0 Å². The van der Waals surface area contributed by atoms with Crippen molar-refractivity contribution in [2.75, 3.05) is 6.61 Å². The first kappa shape index (κ1) is 15.0. The molecule has 0 aliphatic heterocycles. The van der Waals surface area contributed by atoms with Gasteiger partial charge in [-0.25, -0.2) is 4.39 Å². The van der Waals surface area contributed by atoms with Crippen molar-refractivity contribution in [2.24, 2.45) is 0 Å². The van der Waals surface area contributed by atoms with E-state index in [2.05, 4.69) is 6.92 Å². The first-order valence-electron chi connectivity index (χ1n) is 7.13. The third kappa shape index (κ3) is 6.04. The van der Waals surface area contributed by atoms with Gasteiger partial charge in [0.15, 0.2) is 11.6 Å². The molecular formula is C16H25FO. The van der Waals surface area contributed by atoms with Gasteiger partial charge in [-0.3, -0.25) is 0 Å². The molecular weight excluding hydrogens is 227 g/mol. The van der Waals surface area contributed by atoms with Crippen LogP contribution in [0.3, 0.4) is 0 Å². The minimum Gasteiger partial charge on any atom is -0.491 e. The van der Waals surface area contributed by atoms with Crippen LogP contribution in [0.5, 0.6) is 5.75 Å². The zero-order valence-corrected chi connectivity index (χ0v) is 11.7. The van der Waals surface area contributed by atoms with Gasteiger partial charge in [0, 0.05) is 0 Å². The number of halogens is 1. The van der Waals surface area contributed by atoms with Crippen LogP contribution in [0.2, 0.25) is 0 Å². The first-order valence-corrected chi connectivity index (χ1v) is 7.13. The lowest BCUT2D eigenvalue weighted by Gasteiger charge is -2.07. The fourth-order valence-electron chi connectivity index (χ4n) is 1.96. The monoisotopic (exact) mass is 252 g/mol. The van der Waals surface area contributed by atoms with Crippen molar-refractivity contribution in [1.82, 2.24) is 0 Å². The zero-order chi connectivity index (χ0) is 13.2. The number of unbranched alkanes of at least 4 members (excludes halogenated alkanes) is 6. The summed E-state index contributed by atoms with van der Waals surface area (Å²) in [5.41, 5.74) is 0.927. The number of hydrogen-bond acceptors (Lipinski definition) is 1. The smallest absolute Gasteiger partial charge is 0.165 e. The minimum atomic E-state index is -0.252. The van der Waals surface area contributed by atoms with Crippen molar-refractivity contribution >= 4 is 0 Å². The summed E-state index contributed by atoms with van der Waals surface area (Å²) in [6.07, 6.45) is 8.73. The summed E-state index contributed by atoms with van der Waals surface area (Å²) < 4.78 is 18.9. The van der Waals surface area contributed by atoms with Crippen LogP contribution < -0.4 is 4.74 Å². The van der Waals surface area contributed by atoms with Crippen LogP contribution in [-0.4, -0.2) is 6.61 Å². The number of aryl methyl sites for hydroxylation is 1. The highest BCUT2D eigenvalue weighted by molar-refractivity contribution is 5.28. The molecule has 0 radical (unpaired) electrons. The standard InChI is InChI=1S/C16H25FO/c1-3-4-5-6-7-8-9-12-18-16-11-10-14(2)13-15(16)17/h10-11,13H,3-9,12H2,1-2H3. The van der Waals surface area contributed by atoms with Gasteiger partial charge in [0.1, 0.15) is 0 Å². The van der Waals surface area contributed by atoms with E-state index in [1.54, 1.807) is 6.07 Å². The van der Waals surface area contributed by atoms with E-state index < -0.39 is 0 Å². The largest absolute Gasteiger partial charge is 0.491 e. The molecule has 102 valence electrons.